The molecule has 4 heteroatoms. The molecule has 2 rings (SSSR count). The Kier molecular flexibility index (Phi) is 4.00. The molecule has 0 bridgehead atoms. The normalized spacial score (nSPS) is 10.5. The van der Waals surface area contributed by atoms with Gasteiger partial charge in [-0.05, 0) is 37.6 Å². The summed E-state index contributed by atoms with van der Waals surface area (Å²) in [5.74, 6) is 0.685. The van der Waals surface area contributed by atoms with Gasteiger partial charge in [-0.15, -0.1) is 0 Å². The van der Waals surface area contributed by atoms with Gasteiger partial charge in [0.2, 0.25) is 0 Å². The van der Waals surface area contributed by atoms with Crippen molar-refractivity contribution in [3.63, 3.8) is 0 Å². The third kappa shape index (κ3) is 3.22. The van der Waals surface area contributed by atoms with E-state index in [0.717, 1.165) is 17.7 Å². The van der Waals surface area contributed by atoms with Crippen LogP contribution in [0.25, 0.3) is 0 Å². The molecule has 0 saturated heterocycles. The van der Waals surface area contributed by atoms with Crippen molar-refractivity contribution >= 4 is 5.78 Å². The van der Waals surface area contributed by atoms with E-state index in [9.17, 15) is 4.79 Å². The number of nitrogens with zero attached hydrogens (tertiary/aromatic N) is 2. The van der Waals surface area contributed by atoms with Crippen molar-refractivity contribution in [2.75, 3.05) is 6.61 Å². The summed E-state index contributed by atoms with van der Waals surface area (Å²) in [7, 11) is 1.91. The maximum Gasteiger partial charge on any atom is 0.163 e. The number of ether oxygens (including phenoxy) is 1. The van der Waals surface area contributed by atoms with Crippen LogP contribution in [0.2, 0.25) is 0 Å². The number of rotatable bonds is 5. The number of aromatic nitrogens is 2. The summed E-state index contributed by atoms with van der Waals surface area (Å²) in [6.45, 7) is 4.07. The number of ketones is 1. The Labute approximate surface area is 113 Å². The number of carbonyl (C=O) groups is 1. The highest BCUT2D eigenvalue weighted by atomic mass is 16.5. The number of carbonyl (C=O) groups excluding carboxylic acids is 1. The van der Waals surface area contributed by atoms with Crippen molar-refractivity contribution in [1.82, 2.24) is 9.78 Å². The highest BCUT2D eigenvalue weighted by molar-refractivity contribution is 5.96. The van der Waals surface area contributed by atoms with Gasteiger partial charge in [0.15, 0.2) is 5.78 Å². The van der Waals surface area contributed by atoms with Gasteiger partial charge < -0.3 is 4.74 Å². The van der Waals surface area contributed by atoms with Gasteiger partial charge in [0.25, 0.3) is 0 Å². The number of Topliss-reactive ketones (excluding diaryl/α,β-unsaturated/α-hetero) is 1. The zero-order valence-electron chi connectivity index (χ0n) is 11.5. The van der Waals surface area contributed by atoms with E-state index in [0.29, 0.717) is 17.9 Å². The van der Waals surface area contributed by atoms with Gasteiger partial charge in [0.1, 0.15) is 5.75 Å². The van der Waals surface area contributed by atoms with E-state index in [-0.39, 0.29) is 5.78 Å². The van der Waals surface area contributed by atoms with Crippen LogP contribution in [0.3, 0.4) is 0 Å². The van der Waals surface area contributed by atoms with Crippen LogP contribution in [-0.4, -0.2) is 22.2 Å². The highest BCUT2D eigenvalue weighted by Crippen LogP contribution is 2.21. The molecule has 19 heavy (non-hydrogen) atoms. The van der Waals surface area contributed by atoms with Crippen LogP contribution in [0.1, 0.15) is 28.5 Å². The predicted octanol–water partition coefficient (Wildman–Crippen LogP) is 2.55. The second kappa shape index (κ2) is 5.69. The van der Waals surface area contributed by atoms with Gasteiger partial charge in [0.05, 0.1) is 12.2 Å². The molecule has 0 aliphatic carbocycles. The van der Waals surface area contributed by atoms with E-state index in [2.05, 4.69) is 5.10 Å². The molecule has 1 aromatic heterocycles. The van der Waals surface area contributed by atoms with Crippen LogP contribution in [0, 0.1) is 6.92 Å². The first-order valence-electron chi connectivity index (χ1n) is 6.29. The van der Waals surface area contributed by atoms with E-state index < -0.39 is 0 Å². The minimum Gasteiger partial charge on any atom is -0.492 e. The number of aryl methyl sites for hydroxylation is 2. The molecule has 0 aliphatic heterocycles. The van der Waals surface area contributed by atoms with Crippen LogP contribution in [-0.2, 0) is 13.5 Å². The van der Waals surface area contributed by atoms with E-state index in [1.165, 1.54) is 0 Å². The van der Waals surface area contributed by atoms with Crippen molar-refractivity contribution in [2.24, 2.45) is 7.05 Å². The molecule has 100 valence electrons. The highest BCUT2D eigenvalue weighted by Gasteiger charge is 2.09. The minimum atomic E-state index is 0.0236. The molecule has 1 aromatic carbocycles. The molecule has 1 heterocycles. The lowest BCUT2D eigenvalue weighted by Crippen LogP contribution is -2.08. The van der Waals surface area contributed by atoms with E-state index in [1.54, 1.807) is 13.1 Å². The molecule has 0 fully saturated rings. The molecule has 4 nitrogen and oxygen atoms in total. The average Bonchev–Trinajstić information content (AvgIpc) is 2.75. The molecule has 0 aliphatic rings. The quantitative estimate of drug-likeness (QED) is 0.774. The molecule has 0 N–H and O–H groups in total. The smallest absolute Gasteiger partial charge is 0.163 e. The summed E-state index contributed by atoms with van der Waals surface area (Å²) in [4.78, 5) is 11.5. The van der Waals surface area contributed by atoms with E-state index in [4.69, 9.17) is 4.74 Å². The summed E-state index contributed by atoms with van der Waals surface area (Å²) in [5, 5.41) is 4.11. The van der Waals surface area contributed by atoms with Gasteiger partial charge in [-0.1, -0.05) is 6.07 Å². The fraction of sp³-hybridized carbons (Fsp3) is 0.333. The average molecular weight is 258 g/mol. The zero-order chi connectivity index (χ0) is 13.8. The van der Waals surface area contributed by atoms with Crippen LogP contribution >= 0.6 is 0 Å². The molecule has 0 radical (unpaired) electrons. The summed E-state index contributed by atoms with van der Waals surface area (Å²) in [5.41, 5.74) is 2.83. The van der Waals surface area contributed by atoms with Crippen molar-refractivity contribution in [2.45, 2.75) is 20.3 Å². The van der Waals surface area contributed by atoms with Crippen LogP contribution in [0.5, 0.6) is 5.75 Å². The second-order valence-corrected chi connectivity index (χ2v) is 4.60. The molecule has 2 aromatic rings. The van der Waals surface area contributed by atoms with Crippen LogP contribution in [0.4, 0.5) is 0 Å². The fourth-order valence-corrected chi connectivity index (χ4v) is 1.95. The Morgan fingerprint density at radius 2 is 2.16 bits per heavy atom. The Morgan fingerprint density at radius 1 is 1.37 bits per heavy atom. The maximum absolute atomic E-state index is 11.5. The molecule has 0 amide bonds. The summed E-state index contributed by atoms with van der Waals surface area (Å²) in [6.07, 6.45) is 2.53. The Hall–Kier alpha value is -2.10. The minimum absolute atomic E-state index is 0.0236. The maximum atomic E-state index is 11.5. The van der Waals surface area contributed by atoms with Gasteiger partial charge in [0, 0.05) is 25.4 Å². The second-order valence-electron chi connectivity index (χ2n) is 4.60. The Bertz CT molecular complexity index is 588. The standard InChI is InChI=1S/C15H18N2O2/c1-11-4-5-14(12(2)18)15(10-11)19-9-7-13-6-8-16-17(13)3/h4-6,8,10H,7,9H2,1-3H3. The van der Waals surface area contributed by atoms with E-state index in [1.807, 2.05) is 42.9 Å². The lowest BCUT2D eigenvalue weighted by molar-refractivity contribution is 0.101. The SMILES string of the molecule is CC(=O)c1ccc(C)cc1OCCc1ccnn1C. The predicted molar refractivity (Wildman–Crippen MR) is 73.6 cm³/mol. The van der Waals surface area contributed by atoms with Crippen molar-refractivity contribution < 1.29 is 9.53 Å². The van der Waals surface area contributed by atoms with Crippen molar-refractivity contribution in [3.8, 4) is 5.75 Å². The lowest BCUT2D eigenvalue weighted by atomic mass is 10.1. The van der Waals surface area contributed by atoms with E-state index >= 15 is 0 Å². The monoisotopic (exact) mass is 258 g/mol. The first-order chi connectivity index (χ1) is 9.08. The Balaban J connectivity index is 2.05. The summed E-state index contributed by atoms with van der Waals surface area (Å²) in [6, 6.07) is 7.60. The molecular formula is C15H18N2O2. The zero-order valence-corrected chi connectivity index (χ0v) is 11.5. The van der Waals surface area contributed by atoms with Crippen molar-refractivity contribution in [3.05, 3.63) is 47.3 Å². The van der Waals surface area contributed by atoms with Crippen LogP contribution in [0.15, 0.2) is 30.5 Å². The molecule has 0 atom stereocenters. The van der Waals surface area contributed by atoms with Gasteiger partial charge in [-0.3, -0.25) is 9.48 Å². The number of hydrogen-bond donors (Lipinski definition) is 0. The first-order valence-corrected chi connectivity index (χ1v) is 6.29. The molecule has 0 unspecified atom stereocenters. The molecular weight excluding hydrogens is 240 g/mol. The van der Waals surface area contributed by atoms with Gasteiger partial charge in [-0.25, -0.2) is 0 Å². The third-order valence-corrected chi connectivity index (χ3v) is 3.05. The summed E-state index contributed by atoms with van der Waals surface area (Å²) >= 11 is 0. The van der Waals surface area contributed by atoms with Gasteiger partial charge >= 0.3 is 0 Å². The Morgan fingerprint density at radius 3 is 2.79 bits per heavy atom. The summed E-state index contributed by atoms with van der Waals surface area (Å²) < 4.78 is 7.57. The largest absolute Gasteiger partial charge is 0.492 e. The van der Waals surface area contributed by atoms with Crippen molar-refractivity contribution in [1.29, 1.82) is 0 Å². The fourth-order valence-electron chi connectivity index (χ4n) is 1.95. The number of hydrogen-bond acceptors (Lipinski definition) is 3. The molecule has 0 spiro atoms. The van der Waals surface area contributed by atoms with Gasteiger partial charge in [-0.2, -0.15) is 5.10 Å². The lowest BCUT2D eigenvalue weighted by Gasteiger charge is -2.10. The third-order valence-electron chi connectivity index (χ3n) is 3.05. The van der Waals surface area contributed by atoms with Crippen LogP contribution < -0.4 is 4.74 Å². The first kappa shape index (κ1) is 13.3. The topological polar surface area (TPSA) is 44.1 Å². The molecule has 0 saturated carbocycles. The number of benzene rings is 1.